The molecule has 0 amide bonds. The lowest BCUT2D eigenvalue weighted by Gasteiger charge is -2.16. The lowest BCUT2D eigenvalue weighted by molar-refractivity contribution is -0.384. The molecule has 5 heteroatoms. The molecule has 0 aliphatic carbocycles. The lowest BCUT2D eigenvalue weighted by Crippen LogP contribution is -2.13. The normalized spacial score (nSPS) is 9.87. The summed E-state index contributed by atoms with van der Waals surface area (Å²) in [7, 11) is 7.29. The van der Waals surface area contributed by atoms with Gasteiger partial charge in [0.15, 0.2) is 0 Å². The molecule has 5 nitrogen and oxygen atoms in total. The zero-order valence-corrected chi connectivity index (χ0v) is 9.39. The number of rotatable bonds is 3. The van der Waals surface area contributed by atoms with Gasteiger partial charge in [0, 0.05) is 39.9 Å². The highest BCUT2D eigenvalue weighted by molar-refractivity contribution is 5.68. The van der Waals surface area contributed by atoms with Gasteiger partial charge in [-0.25, -0.2) is 0 Å². The molecule has 0 radical (unpaired) electrons. The largest absolute Gasteiger partial charge is 0.377 e. The molecule has 1 aromatic carbocycles. The third-order valence-electron chi connectivity index (χ3n) is 2.15. The number of nitro groups is 1. The Kier molecular flexibility index (Phi) is 3.14. The first kappa shape index (κ1) is 11.3. The quantitative estimate of drug-likeness (QED) is 0.562. The van der Waals surface area contributed by atoms with E-state index in [0.717, 1.165) is 5.69 Å². The van der Waals surface area contributed by atoms with Crippen molar-refractivity contribution in [2.45, 2.75) is 0 Å². The van der Waals surface area contributed by atoms with Crippen molar-refractivity contribution in [1.29, 1.82) is 0 Å². The first-order valence-corrected chi connectivity index (χ1v) is 4.56. The van der Waals surface area contributed by atoms with Crippen molar-refractivity contribution in [3.8, 4) is 0 Å². The van der Waals surface area contributed by atoms with E-state index in [-0.39, 0.29) is 10.6 Å². The second kappa shape index (κ2) is 4.16. The monoisotopic (exact) mass is 209 g/mol. The molecule has 0 aliphatic rings. The first-order valence-electron chi connectivity index (χ1n) is 4.56. The number of hydrogen-bond acceptors (Lipinski definition) is 4. The highest BCUT2D eigenvalue weighted by Gasteiger charge is 2.16. The van der Waals surface area contributed by atoms with Crippen LogP contribution in [0.5, 0.6) is 0 Å². The van der Waals surface area contributed by atoms with Crippen LogP contribution in [0.4, 0.5) is 17.1 Å². The second-order valence-electron chi connectivity index (χ2n) is 3.72. The molecule has 0 aliphatic heterocycles. The van der Waals surface area contributed by atoms with Crippen molar-refractivity contribution in [2.75, 3.05) is 38.0 Å². The summed E-state index contributed by atoms with van der Waals surface area (Å²) >= 11 is 0. The zero-order chi connectivity index (χ0) is 11.6. The van der Waals surface area contributed by atoms with E-state index in [2.05, 4.69) is 0 Å². The fourth-order valence-corrected chi connectivity index (χ4v) is 1.31. The zero-order valence-electron chi connectivity index (χ0n) is 9.39. The average molecular weight is 209 g/mol. The summed E-state index contributed by atoms with van der Waals surface area (Å²) in [6.45, 7) is 0. The van der Waals surface area contributed by atoms with Crippen LogP contribution < -0.4 is 9.80 Å². The van der Waals surface area contributed by atoms with Gasteiger partial charge in [0.05, 0.1) is 4.92 Å². The summed E-state index contributed by atoms with van der Waals surface area (Å²) in [4.78, 5) is 14.1. The van der Waals surface area contributed by atoms with Crippen LogP contribution in [0.3, 0.4) is 0 Å². The number of hydrogen-bond donors (Lipinski definition) is 0. The molecule has 0 saturated carbocycles. The van der Waals surface area contributed by atoms with Crippen molar-refractivity contribution in [3.05, 3.63) is 28.3 Å². The molecule has 0 bridgehead atoms. The fourth-order valence-electron chi connectivity index (χ4n) is 1.31. The van der Waals surface area contributed by atoms with E-state index in [1.165, 1.54) is 0 Å². The summed E-state index contributed by atoms with van der Waals surface area (Å²) in [5, 5.41) is 10.9. The van der Waals surface area contributed by atoms with E-state index < -0.39 is 0 Å². The maximum atomic E-state index is 10.9. The smallest absolute Gasteiger partial charge is 0.294 e. The van der Waals surface area contributed by atoms with Crippen LogP contribution in [0.15, 0.2) is 18.2 Å². The van der Waals surface area contributed by atoms with Crippen molar-refractivity contribution in [3.63, 3.8) is 0 Å². The number of benzene rings is 1. The minimum Gasteiger partial charge on any atom is -0.377 e. The summed E-state index contributed by atoms with van der Waals surface area (Å²) in [5.41, 5.74) is 1.57. The molecular formula is C10H15N3O2. The number of nitrogens with zero attached hydrogens (tertiary/aromatic N) is 3. The molecule has 82 valence electrons. The van der Waals surface area contributed by atoms with Gasteiger partial charge in [-0.3, -0.25) is 10.1 Å². The van der Waals surface area contributed by atoms with Gasteiger partial charge in [0.2, 0.25) is 0 Å². The van der Waals surface area contributed by atoms with Crippen LogP contribution in [-0.4, -0.2) is 33.1 Å². The van der Waals surface area contributed by atoms with Crippen LogP contribution >= 0.6 is 0 Å². The van der Waals surface area contributed by atoms with Crippen molar-refractivity contribution < 1.29 is 4.92 Å². The highest BCUT2D eigenvalue weighted by atomic mass is 16.6. The van der Waals surface area contributed by atoms with E-state index in [4.69, 9.17) is 0 Å². The molecule has 0 aromatic heterocycles. The van der Waals surface area contributed by atoms with E-state index in [1.807, 2.05) is 25.1 Å². The van der Waals surface area contributed by atoms with Gasteiger partial charge in [0.1, 0.15) is 5.69 Å². The molecule has 0 N–H and O–H groups in total. The van der Waals surface area contributed by atoms with Crippen molar-refractivity contribution in [2.24, 2.45) is 0 Å². The number of nitro benzene ring substituents is 1. The van der Waals surface area contributed by atoms with Gasteiger partial charge in [-0.05, 0) is 12.1 Å². The summed E-state index contributed by atoms with van der Waals surface area (Å²) < 4.78 is 0. The Labute approximate surface area is 89.1 Å². The Morgan fingerprint density at radius 2 is 1.73 bits per heavy atom. The van der Waals surface area contributed by atoms with Gasteiger partial charge < -0.3 is 9.80 Å². The fraction of sp³-hybridized carbons (Fsp3) is 0.400. The van der Waals surface area contributed by atoms with E-state index in [1.54, 1.807) is 31.1 Å². The third kappa shape index (κ3) is 2.37. The molecule has 1 aromatic rings. The standard InChI is InChI=1S/C10H15N3O2/c1-11(2)8-5-6-9(12(3)4)10(7-8)13(14)15/h5-7H,1-4H3. The van der Waals surface area contributed by atoms with Crippen LogP contribution in [-0.2, 0) is 0 Å². The Balaban J connectivity index is 3.27. The SMILES string of the molecule is CN(C)c1ccc(N(C)C)c([N+](=O)[O-])c1. The van der Waals surface area contributed by atoms with Gasteiger partial charge in [-0.1, -0.05) is 0 Å². The van der Waals surface area contributed by atoms with Crippen LogP contribution in [0, 0.1) is 10.1 Å². The van der Waals surface area contributed by atoms with Gasteiger partial charge in [-0.2, -0.15) is 0 Å². The van der Waals surface area contributed by atoms with E-state index in [0.29, 0.717) is 5.69 Å². The minimum absolute atomic E-state index is 0.131. The molecule has 15 heavy (non-hydrogen) atoms. The van der Waals surface area contributed by atoms with Gasteiger partial charge in [0.25, 0.3) is 5.69 Å². The lowest BCUT2D eigenvalue weighted by atomic mass is 10.2. The molecule has 0 spiro atoms. The predicted molar refractivity (Wildman–Crippen MR) is 61.8 cm³/mol. The minimum atomic E-state index is -0.359. The molecular weight excluding hydrogens is 194 g/mol. The molecule has 0 saturated heterocycles. The predicted octanol–water partition coefficient (Wildman–Crippen LogP) is 1.73. The highest BCUT2D eigenvalue weighted by Crippen LogP contribution is 2.30. The average Bonchev–Trinajstić information content (AvgIpc) is 2.16. The topological polar surface area (TPSA) is 49.6 Å². The van der Waals surface area contributed by atoms with Crippen LogP contribution in [0.1, 0.15) is 0 Å². The van der Waals surface area contributed by atoms with Crippen LogP contribution in [0.2, 0.25) is 0 Å². The molecule has 1 rings (SSSR count). The third-order valence-corrected chi connectivity index (χ3v) is 2.15. The van der Waals surface area contributed by atoms with Crippen LogP contribution in [0.25, 0.3) is 0 Å². The van der Waals surface area contributed by atoms with E-state index in [9.17, 15) is 10.1 Å². The Morgan fingerprint density at radius 3 is 2.13 bits per heavy atom. The summed E-state index contributed by atoms with van der Waals surface area (Å²) in [6.07, 6.45) is 0. The molecule has 0 heterocycles. The molecule has 0 fully saturated rings. The first-order chi connectivity index (χ1) is 6.93. The Hall–Kier alpha value is -1.78. The Bertz CT molecular complexity index is 375. The number of anilines is 2. The maximum Gasteiger partial charge on any atom is 0.294 e. The van der Waals surface area contributed by atoms with Gasteiger partial charge in [-0.15, -0.1) is 0 Å². The van der Waals surface area contributed by atoms with Crippen molar-refractivity contribution >= 4 is 17.1 Å². The maximum absolute atomic E-state index is 10.9. The van der Waals surface area contributed by atoms with E-state index >= 15 is 0 Å². The Morgan fingerprint density at radius 1 is 1.13 bits per heavy atom. The summed E-state index contributed by atoms with van der Waals surface area (Å²) in [6, 6.07) is 5.20. The van der Waals surface area contributed by atoms with Gasteiger partial charge >= 0.3 is 0 Å². The summed E-state index contributed by atoms with van der Waals surface area (Å²) in [5.74, 6) is 0. The van der Waals surface area contributed by atoms with Crippen molar-refractivity contribution in [1.82, 2.24) is 0 Å². The molecule has 0 unspecified atom stereocenters. The molecule has 0 atom stereocenters. The second-order valence-corrected chi connectivity index (χ2v) is 3.72.